The molecular weight excluding hydrogens is 617 g/mol. The quantitative estimate of drug-likeness (QED) is 0.138. The number of carbonyl (C=O) groups is 3. The van der Waals surface area contributed by atoms with Gasteiger partial charge in [-0.25, -0.2) is 4.90 Å². The number of nitro benzene ring substituents is 1. The largest absolute Gasteiger partial charge is 0.484 e. The maximum atomic E-state index is 13.9. The number of thioether (sulfide) groups is 1. The summed E-state index contributed by atoms with van der Waals surface area (Å²) >= 11 is 2.12. The average Bonchev–Trinajstić information content (AvgIpc) is 3.54. The number of nitrogens with zero attached hydrogens (tertiary/aromatic N) is 2. The Labute approximate surface area is 263 Å². The van der Waals surface area contributed by atoms with E-state index in [1.165, 1.54) is 24.3 Å². The lowest BCUT2D eigenvalue weighted by molar-refractivity contribution is -0.384. The predicted octanol–water partition coefficient (Wildman–Crippen LogP) is 5.31. The van der Waals surface area contributed by atoms with Gasteiger partial charge in [0, 0.05) is 34.0 Å². The molecule has 45 heavy (non-hydrogen) atoms. The smallest absolute Gasteiger partial charge is 0.305 e. The number of aromatic nitrogens is 1. The summed E-state index contributed by atoms with van der Waals surface area (Å²) in [5, 5.41) is 15.6. The van der Waals surface area contributed by atoms with Crippen LogP contribution in [0.1, 0.15) is 16.4 Å². The van der Waals surface area contributed by atoms with Gasteiger partial charge in [0.25, 0.3) is 11.6 Å². The molecule has 0 aliphatic carbocycles. The topological polar surface area (TPSA) is 152 Å². The molecule has 1 saturated heterocycles. The van der Waals surface area contributed by atoms with Gasteiger partial charge in [-0.2, -0.15) is 0 Å². The maximum absolute atomic E-state index is 13.9. The van der Waals surface area contributed by atoms with E-state index in [1.807, 2.05) is 42.5 Å². The Morgan fingerprint density at radius 3 is 2.51 bits per heavy atom. The third-order valence-corrected chi connectivity index (χ3v) is 10.2. The number of amides is 3. The van der Waals surface area contributed by atoms with Gasteiger partial charge in [-0.1, -0.05) is 71.6 Å². The van der Waals surface area contributed by atoms with Crippen molar-refractivity contribution in [2.24, 2.45) is 5.92 Å². The zero-order valence-electron chi connectivity index (χ0n) is 23.2. The van der Waals surface area contributed by atoms with Gasteiger partial charge in [0.1, 0.15) is 11.0 Å². The Morgan fingerprint density at radius 2 is 1.71 bits per heavy atom. The van der Waals surface area contributed by atoms with Crippen molar-refractivity contribution in [3.05, 3.63) is 121 Å². The fraction of sp³-hybridized carbons (Fsp3) is 0.125. The molecule has 0 bridgehead atoms. The Bertz CT molecular complexity index is 2070. The van der Waals surface area contributed by atoms with E-state index < -0.39 is 33.8 Å². The molecule has 3 unspecified atom stereocenters. The van der Waals surface area contributed by atoms with Gasteiger partial charge in [-0.3, -0.25) is 29.3 Å². The van der Waals surface area contributed by atoms with Crippen LogP contribution in [0.5, 0.6) is 5.75 Å². The van der Waals surface area contributed by atoms with Crippen LogP contribution in [0.25, 0.3) is 10.8 Å². The highest BCUT2D eigenvalue weighted by molar-refractivity contribution is 8.00. The highest BCUT2D eigenvalue weighted by atomic mass is 32.2. The molecule has 2 N–H and O–H groups in total. The number of hydrogen-bond donors (Lipinski definition) is 2. The van der Waals surface area contributed by atoms with E-state index >= 15 is 0 Å². The Hall–Kier alpha value is -5.27. The van der Waals surface area contributed by atoms with E-state index in [0.717, 1.165) is 38.8 Å². The molecular formula is C32H22N4O7S2. The molecule has 7 rings (SSSR count). The number of nitro groups is 1. The second kappa shape index (κ2) is 11.3. The molecule has 4 aromatic carbocycles. The summed E-state index contributed by atoms with van der Waals surface area (Å²) < 4.78 is 5.86. The number of aromatic amines is 1. The van der Waals surface area contributed by atoms with E-state index in [4.69, 9.17) is 4.74 Å². The van der Waals surface area contributed by atoms with E-state index in [9.17, 15) is 29.3 Å². The molecule has 5 aromatic rings. The maximum Gasteiger partial charge on any atom is 0.305 e. The molecule has 3 atom stereocenters. The highest BCUT2D eigenvalue weighted by Gasteiger charge is 2.56. The second-order valence-corrected chi connectivity index (χ2v) is 12.6. The molecule has 224 valence electrons. The first-order valence-electron chi connectivity index (χ1n) is 13.8. The van der Waals surface area contributed by atoms with Crippen molar-refractivity contribution in [1.29, 1.82) is 0 Å². The van der Waals surface area contributed by atoms with Crippen molar-refractivity contribution < 1.29 is 24.0 Å². The SMILES string of the molecule is O=C(COc1cccc(C2c3sc(=O)[nH]c3SC3C(=O)N(c4ccc([N+](=O)[O-])cc4)C(=O)C32)c1)Nc1cccc2ccccc12. The van der Waals surface area contributed by atoms with E-state index in [1.54, 1.807) is 24.3 Å². The van der Waals surface area contributed by atoms with Gasteiger partial charge in [0.15, 0.2) is 6.61 Å². The molecule has 0 saturated carbocycles. The summed E-state index contributed by atoms with van der Waals surface area (Å²) in [4.78, 5) is 67.6. The van der Waals surface area contributed by atoms with Gasteiger partial charge >= 0.3 is 4.87 Å². The lowest BCUT2D eigenvalue weighted by atomic mass is 9.83. The van der Waals surface area contributed by atoms with E-state index in [0.29, 0.717) is 26.9 Å². The summed E-state index contributed by atoms with van der Waals surface area (Å²) in [5.74, 6) is -2.41. The van der Waals surface area contributed by atoms with Crippen LogP contribution in [0.2, 0.25) is 0 Å². The number of hydrogen-bond acceptors (Lipinski definition) is 9. The monoisotopic (exact) mass is 638 g/mol. The third kappa shape index (κ3) is 5.15. The molecule has 2 aliphatic heterocycles. The minimum atomic E-state index is -0.846. The number of carbonyl (C=O) groups excluding carboxylic acids is 3. The fourth-order valence-electron chi connectivity index (χ4n) is 5.82. The van der Waals surface area contributed by atoms with Crippen LogP contribution < -0.4 is 19.8 Å². The Balaban J connectivity index is 1.16. The number of ether oxygens (including phenoxy) is 1. The average molecular weight is 639 g/mol. The molecule has 3 heterocycles. The normalized spacial score (nSPS) is 18.8. The molecule has 3 amide bonds. The fourth-order valence-corrected chi connectivity index (χ4v) is 8.34. The lowest BCUT2D eigenvalue weighted by Crippen LogP contribution is -2.32. The van der Waals surface area contributed by atoms with Crippen molar-refractivity contribution >= 4 is 68.7 Å². The second-order valence-electron chi connectivity index (χ2n) is 10.5. The lowest BCUT2D eigenvalue weighted by Gasteiger charge is -2.30. The molecule has 1 fully saturated rings. The Morgan fingerprint density at radius 1 is 0.956 bits per heavy atom. The van der Waals surface area contributed by atoms with Gasteiger partial charge in [-0.05, 0) is 41.3 Å². The van der Waals surface area contributed by atoms with Crippen molar-refractivity contribution in [2.75, 3.05) is 16.8 Å². The van der Waals surface area contributed by atoms with Gasteiger partial charge in [0.05, 0.1) is 21.6 Å². The number of nitrogens with one attached hydrogen (secondary N) is 2. The summed E-state index contributed by atoms with van der Waals surface area (Å²) in [5.41, 5.74) is 1.37. The number of benzene rings is 4. The third-order valence-electron chi connectivity index (χ3n) is 7.79. The highest BCUT2D eigenvalue weighted by Crippen LogP contribution is 2.53. The van der Waals surface area contributed by atoms with Gasteiger partial charge in [-0.15, -0.1) is 0 Å². The first kappa shape index (κ1) is 28.5. The predicted molar refractivity (Wildman–Crippen MR) is 170 cm³/mol. The molecule has 11 nitrogen and oxygen atoms in total. The summed E-state index contributed by atoms with van der Waals surface area (Å²) in [6.07, 6.45) is 0. The first-order chi connectivity index (χ1) is 21.8. The van der Waals surface area contributed by atoms with Crippen LogP contribution in [0.3, 0.4) is 0 Å². The summed E-state index contributed by atoms with van der Waals surface area (Å²) in [7, 11) is 0. The summed E-state index contributed by atoms with van der Waals surface area (Å²) in [6.45, 7) is -0.271. The van der Waals surface area contributed by atoms with Crippen LogP contribution >= 0.6 is 23.1 Å². The zero-order valence-corrected chi connectivity index (χ0v) is 24.8. The van der Waals surface area contributed by atoms with Crippen molar-refractivity contribution in [2.45, 2.75) is 16.2 Å². The number of non-ortho nitro benzene ring substituents is 1. The Kier molecular flexibility index (Phi) is 7.18. The molecule has 13 heteroatoms. The van der Waals surface area contributed by atoms with Crippen molar-refractivity contribution in [1.82, 2.24) is 4.98 Å². The van der Waals surface area contributed by atoms with E-state index in [2.05, 4.69) is 10.3 Å². The van der Waals surface area contributed by atoms with Crippen LogP contribution in [0.15, 0.2) is 101 Å². The van der Waals surface area contributed by atoms with E-state index in [-0.39, 0.29) is 28.8 Å². The number of rotatable bonds is 7. The zero-order chi connectivity index (χ0) is 31.2. The standard InChI is InChI=1S/C32H22N4O7S2/c37-24(33-23-10-4-6-17-5-1-2-9-22(17)23)16-43-21-8-3-7-18(15-21)25-26-28(44-29-27(25)45-32(40)34-29)31(39)35(30(26)38)19-11-13-20(14-12-19)36(41)42/h1-15,25-26,28H,16H2,(H,33,37)(H,34,40). The van der Waals surface area contributed by atoms with Gasteiger partial charge < -0.3 is 15.0 Å². The molecule has 2 aliphatic rings. The minimum absolute atomic E-state index is 0.162. The van der Waals surface area contributed by atoms with Crippen LogP contribution in [-0.4, -0.2) is 39.5 Å². The number of fused-ring (bicyclic) bond motifs is 3. The number of imide groups is 1. The summed E-state index contributed by atoms with van der Waals surface area (Å²) in [6, 6.07) is 25.5. The van der Waals surface area contributed by atoms with Crippen LogP contribution in [0, 0.1) is 16.0 Å². The molecule has 1 aromatic heterocycles. The number of anilines is 2. The first-order valence-corrected chi connectivity index (χ1v) is 15.5. The molecule has 0 radical (unpaired) electrons. The van der Waals surface area contributed by atoms with Crippen molar-refractivity contribution in [3.63, 3.8) is 0 Å². The molecule has 0 spiro atoms. The van der Waals surface area contributed by atoms with Crippen LogP contribution in [-0.2, 0) is 14.4 Å². The minimum Gasteiger partial charge on any atom is -0.484 e. The number of H-pyrrole nitrogens is 1. The van der Waals surface area contributed by atoms with Crippen molar-refractivity contribution in [3.8, 4) is 5.75 Å². The van der Waals surface area contributed by atoms with Gasteiger partial charge in [0.2, 0.25) is 11.8 Å². The number of thiazole rings is 1. The van der Waals surface area contributed by atoms with Crippen LogP contribution in [0.4, 0.5) is 17.1 Å².